The quantitative estimate of drug-likeness (QED) is 0.402. The van der Waals surface area contributed by atoms with Crippen LogP contribution in [0.1, 0.15) is 12.8 Å². The number of anilines is 2. The summed E-state index contributed by atoms with van der Waals surface area (Å²) in [6.07, 6.45) is 2.07. The summed E-state index contributed by atoms with van der Waals surface area (Å²) in [7, 11) is -3.95. The maximum absolute atomic E-state index is 10.7. The van der Waals surface area contributed by atoms with Crippen LogP contribution in [0.5, 0.6) is 0 Å². The molecule has 2 aromatic rings. The molecule has 0 aliphatic heterocycles. The Bertz CT molecular complexity index is 653. The summed E-state index contributed by atoms with van der Waals surface area (Å²) in [5, 5.41) is 0. The first-order valence-electron chi connectivity index (χ1n) is 5.81. The molecule has 10 nitrogen and oxygen atoms in total. The van der Waals surface area contributed by atoms with Gasteiger partial charge in [0.25, 0.3) is 0 Å². The maximum Gasteiger partial charge on any atom is 0.325 e. The lowest BCUT2D eigenvalue weighted by Gasteiger charge is -2.07. The third kappa shape index (κ3) is 3.56. The van der Waals surface area contributed by atoms with Crippen LogP contribution in [0.4, 0.5) is 11.8 Å². The summed E-state index contributed by atoms with van der Waals surface area (Å²) >= 11 is 0. The first kappa shape index (κ1) is 14.5. The van der Waals surface area contributed by atoms with Crippen molar-refractivity contribution in [1.82, 2.24) is 19.7 Å². The molecule has 0 unspecified atom stereocenters. The standard InChI is InChI=1S/C9H15N6O4P/c10-7-6-8(14-9(11)13-7)15(5-12-6)19-3-1-2-4-20(16,17)18/h5H,1-4H2,(H2,16,17,18)(H4,10,11,13,14). The Morgan fingerprint density at radius 2 is 2.05 bits per heavy atom. The number of hydrogen-bond acceptors (Lipinski definition) is 7. The smallest absolute Gasteiger partial charge is 0.325 e. The molecule has 2 aromatic heterocycles. The van der Waals surface area contributed by atoms with Crippen molar-refractivity contribution in [2.24, 2.45) is 0 Å². The van der Waals surface area contributed by atoms with Crippen LogP contribution in [0.3, 0.4) is 0 Å². The van der Waals surface area contributed by atoms with Gasteiger partial charge < -0.3 is 26.1 Å². The number of nitrogens with two attached hydrogens (primary N) is 2. The van der Waals surface area contributed by atoms with Gasteiger partial charge in [-0.3, -0.25) is 4.57 Å². The predicted octanol–water partition coefficient (Wildman–Crippen LogP) is -0.623. The Morgan fingerprint density at radius 3 is 2.75 bits per heavy atom. The summed E-state index contributed by atoms with van der Waals surface area (Å²) in [6, 6.07) is 0. The van der Waals surface area contributed by atoms with Crippen molar-refractivity contribution in [1.29, 1.82) is 0 Å². The molecule has 0 bridgehead atoms. The van der Waals surface area contributed by atoms with Crippen molar-refractivity contribution in [2.45, 2.75) is 12.8 Å². The topological polar surface area (TPSA) is 162 Å². The number of unbranched alkanes of at least 4 members (excludes halogenated alkanes) is 1. The number of hydrogen-bond donors (Lipinski definition) is 4. The number of aromatic nitrogens is 4. The van der Waals surface area contributed by atoms with Gasteiger partial charge in [-0.05, 0) is 12.8 Å². The Hall–Kier alpha value is -1.90. The van der Waals surface area contributed by atoms with Gasteiger partial charge in [-0.1, -0.05) is 0 Å². The molecule has 0 saturated heterocycles. The zero-order valence-corrected chi connectivity index (χ0v) is 11.4. The Balaban J connectivity index is 1.95. The average molecular weight is 302 g/mol. The molecule has 0 aliphatic rings. The van der Waals surface area contributed by atoms with E-state index in [2.05, 4.69) is 15.0 Å². The Morgan fingerprint density at radius 1 is 1.30 bits per heavy atom. The molecule has 0 amide bonds. The minimum Gasteiger partial charge on any atom is -0.411 e. The average Bonchev–Trinajstić information content (AvgIpc) is 2.70. The second kappa shape index (κ2) is 5.61. The van der Waals surface area contributed by atoms with Crippen LogP contribution in [0.2, 0.25) is 0 Å². The van der Waals surface area contributed by atoms with Crippen LogP contribution in [0.15, 0.2) is 6.33 Å². The lowest BCUT2D eigenvalue weighted by Crippen LogP contribution is -2.13. The predicted molar refractivity (Wildman–Crippen MR) is 71.7 cm³/mol. The van der Waals surface area contributed by atoms with E-state index in [1.54, 1.807) is 0 Å². The molecule has 0 spiro atoms. The van der Waals surface area contributed by atoms with Crippen molar-refractivity contribution >= 4 is 30.5 Å². The van der Waals surface area contributed by atoms with Crippen LogP contribution in [0.25, 0.3) is 11.2 Å². The maximum atomic E-state index is 10.7. The second-order valence-electron chi connectivity index (χ2n) is 4.14. The zero-order valence-electron chi connectivity index (χ0n) is 10.5. The van der Waals surface area contributed by atoms with Gasteiger partial charge in [0.2, 0.25) is 11.6 Å². The molecule has 0 saturated carbocycles. The highest BCUT2D eigenvalue weighted by Crippen LogP contribution is 2.35. The van der Waals surface area contributed by atoms with Crippen molar-refractivity contribution in [3.8, 4) is 0 Å². The molecule has 0 aliphatic carbocycles. The number of nitrogens with zero attached hydrogens (tertiary/aromatic N) is 4. The molecular formula is C9H15N6O4P. The van der Waals surface area contributed by atoms with Crippen LogP contribution >= 0.6 is 7.60 Å². The first-order valence-corrected chi connectivity index (χ1v) is 7.60. The van der Waals surface area contributed by atoms with E-state index < -0.39 is 7.60 Å². The van der Waals surface area contributed by atoms with Gasteiger partial charge in [0.1, 0.15) is 12.9 Å². The molecule has 0 radical (unpaired) electrons. The molecule has 2 heterocycles. The lowest BCUT2D eigenvalue weighted by molar-refractivity contribution is 0.115. The van der Waals surface area contributed by atoms with E-state index in [-0.39, 0.29) is 24.5 Å². The van der Waals surface area contributed by atoms with Gasteiger partial charge in [-0.25, -0.2) is 4.98 Å². The number of imidazole rings is 1. The van der Waals surface area contributed by atoms with E-state index in [9.17, 15) is 4.57 Å². The molecule has 6 N–H and O–H groups in total. The van der Waals surface area contributed by atoms with Crippen molar-refractivity contribution in [2.75, 3.05) is 24.2 Å². The summed E-state index contributed by atoms with van der Waals surface area (Å²) in [5.74, 6) is 0.179. The molecule has 110 valence electrons. The molecule has 0 aromatic carbocycles. The van der Waals surface area contributed by atoms with E-state index in [4.69, 9.17) is 26.1 Å². The van der Waals surface area contributed by atoms with E-state index >= 15 is 0 Å². The largest absolute Gasteiger partial charge is 0.411 e. The molecule has 11 heteroatoms. The molecule has 2 rings (SSSR count). The van der Waals surface area contributed by atoms with Gasteiger partial charge in [0.05, 0.1) is 0 Å². The monoisotopic (exact) mass is 302 g/mol. The summed E-state index contributed by atoms with van der Waals surface area (Å²) in [5.41, 5.74) is 11.9. The van der Waals surface area contributed by atoms with Crippen molar-refractivity contribution < 1.29 is 19.2 Å². The summed E-state index contributed by atoms with van der Waals surface area (Å²) in [4.78, 5) is 34.6. The van der Waals surface area contributed by atoms with Gasteiger partial charge in [-0.2, -0.15) is 14.7 Å². The number of fused-ring (bicyclic) bond motifs is 1. The third-order valence-electron chi connectivity index (χ3n) is 2.48. The van der Waals surface area contributed by atoms with Gasteiger partial charge in [-0.15, -0.1) is 0 Å². The molecule has 0 fully saturated rings. The first-order chi connectivity index (χ1) is 9.37. The fourth-order valence-electron chi connectivity index (χ4n) is 1.60. The minimum absolute atomic E-state index is 0.0156. The molecule has 0 atom stereocenters. The lowest BCUT2D eigenvalue weighted by atomic mass is 10.4. The van der Waals surface area contributed by atoms with E-state index in [1.807, 2.05) is 0 Å². The van der Waals surface area contributed by atoms with E-state index in [1.165, 1.54) is 11.1 Å². The van der Waals surface area contributed by atoms with Crippen molar-refractivity contribution in [3.63, 3.8) is 0 Å². The minimum atomic E-state index is -3.95. The Kier molecular flexibility index (Phi) is 4.07. The summed E-state index contributed by atoms with van der Waals surface area (Å²) in [6.45, 7) is 0.259. The molecule has 20 heavy (non-hydrogen) atoms. The normalized spacial score (nSPS) is 11.9. The number of nitrogen functional groups attached to an aromatic ring is 2. The highest BCUT2D eigenvalue weighted by Gasteiger charge is 2.13. The van der Waals surface area contributed by atoms with Gasteiger partial charge in [0, 0.05) is 6.16 Å². The SMILES string of the molecule is Nc1nc(N)c2ncn(OCCCCP(=O)(O)O)c2n1. The highest BCUT2D eigenvalue weighted by molar-refractivity contribution is 7.51. The van der Waals surface area contributed by atoms with Crippen LogP contribution in [-0.2, 0) is 4.57 Å². The van der Waals surface area contributed by atoms with Crippen molar-refractivity contribution in [3.05, 3.63) is 6.33 Å². The van der Waals surface area contributed by atoms with Crippen LogP contribution < -0.4 is 16.3 Å². The number of rotatable bonds is 6. The van der Waals surface area contributed by atoms with Crippen LogP contribution in [-0.4, -0.2) is 42.2 Å². The fourth-order valence-corrected chi connectivity index (χ4v) is 2.23. The summed E-state index contributed by atoms with van der Waals surface area (Å²) < 4.78 is 12.0. The fraction of sp³-hybridized carbons (Fsp3) is 0.444. The van der Waals surface area contributed by atoms with Gasteiger partial charge in [0.15, 0.2) is 11.3 Å². The van der Waals surface area contributed by atoms with Crippen LogP contribution in [0, 0.1) is 0 Å². The van der Waals surface area contributed by atoms with E-state index in [0.717, 1.165) is 0 Å². The zero-order chi connectivity index (χ0) is 14.8. The highest BCUT2D eigenvalue weighted by atomic mass is 31.2. The second-order valence-corrected chi connectivity index (χ2v) is 5.91. The van der Waals surface area contributed by atoms with Gasteiger partial charge >= 0.3 is 7.60 Å². The van der Waals surface area contributed by atoms with E-state index in [0.29, 0.717) is 24.0 Å². The molecular weight excluding hydrogens is 287 g/mol. The Labute approximate surface area is 113 Å². The third-order valence-corrected chi connectivity index (χ3v) is 3.38.